The van der Waals surface area contributed by atoms with Crippen LogP contribution in [0.3, 0.4) is 0 Å². The average molecular weight is 219 g/mol. The maximum absolute atomic E-state index is 11.1. The van der Waals surface area contributed by atoms with Gasteiger partial charge >= 0.3 is 5.82 Å². The Morgan fingerprint density at radius 3 is 2.62 bits per heavy atom. The van der Waals surface area contributed by atoms with E-state index in [1.165, 1.54) is 4.40 Å². The number of nitrogens with zero attached hydrogens (tertiary/aromatic N) is 3. The number of fused-ring (bicyclic) bond motifs is 1. The van der Waals surface area contributed by atoms with Crippen molar-refractivity contribution in [1.29, 1.82) is 0 Å². The van der Waals surface area contributed by atoms with Crippen LogP contribution in [0, 0.1) is 10.1 Å². The summed E-state index contributed by atoms with van der Waals surface area (Å²) in [5.74, 6) is 0.0584. The van der Waals surface area contributed by atoms with Gasteiger partial charge in [-0.15, -0.1) is 0 Å². The molecule has 0 bridgehead atoms. The lowest BCUT2D eigenvalue weighted by Crippen LogP contribution is -2.14. The van der Waals surface area contributed by atoms with Gasteiger partial charge in [-0.2, -0.15) is 4.40 Å². The molecule has 0 radical (unpaired) electrons. The van der Waals surface area contributed by atoms with Gasteiger partial charge in [0.1, 0.15) is 5.69 Å². The number of pyridine rings is 1. The lowest BCUT2D eigenvalue weighted by molar-refractivity contribution is -0.391. The van der Waals surface area contributed by atoms with Crippen molar-refractivity contribution in [2.45, 2.75) is 26.2 Å². The molecule has 2 heterocycles. The smallest absolute Gasteiger partial charge is 0.351 e. The van der Waals surface area contributed by atoms with Crippen LogP contribution in [0.2, 0.25) is 0 Å². The van der Waals surface area contributed by atoms with Crippen LogP contribution in [0.5, 0.6) is 0 Å². The summed E-state index contributed by atoms with van der Waals surface area (Å²) in [6.07, 6.45) is 1.66. The predicted octanol–water partition coefficient (Wildman–Crippen LogP) is 2.54. The minimum Gasteiger partial charge on any atom is -0.358 e. The molecule has 0 aliphatic carbocycles. The third-order valence-electron chi connectivity index (χ3n) is 2.39. The van der Waals surface area contributed by atoms with Gasteiger partial charge in [0.2, 0.25) is 5.65 Å². The standard InChI is InChI=1S/C11H13N3O2/c1-11(2,3)9-10(14(15)16)13-7-5-4-6-8(13)12-9/h4-7H,1-3H3. The van der Waals surface area contributed by atoms with Crippen molar-refractivity contribution < 1.29 is 4.92 Å². The molecule has 2 rings (SSSR count). The van der Waals surface area contributed by atoms with Crippen molar-refractivity contribution in [1.82, 2.24) is 9.38 Å². The summed E-state index contributed by atoms with van der Waals surface area (Å²) < 4.78 is 1.51. The zero-order valence-electron chi connectivity index (χ0n) is 9.47. The molecule has 16 heavy (non-hydrogen) atoms. The Morgan fingerprint density at radius 2 is 2.06 bits per heavy atom. The van der Waals surface area contributed by atoms with Crippen molar-refractivity contribution in [3.63, 3.8) is 0 Å². The molecular formula is C11H13N3O2. The van der Waals surface area contributed by atoms with E-state index in [4.69, 9.17) is 0 Å². The van der Waals surface area contributed by atoms with Crippen LogP contribution in [0.25, 0.3) is 5.65 Å². The fourth-order valence-electron chi connectivity index (χ4n) is 1.66. The SMILES string of the molecule is CC(C)(C)c1nc2ccccn2c1[N+](=O)[O-]. The van der Waals surface area contributed by atoms with Gasteiger partial charge in [0.15, 0.2) is 0 Å². The zero-order valence-corrected chi connectivity index (χ0v) is 9.47. The maximum atomic E-state index is 11.1. The van der Waals surface area contributed by atoms with Crippen molar-refractivity contribution in [2.75, 3.05) is 0 Å². The van der Waals surface area contributed by atoms with Crippen molar-refractivity contribution in [3.05, 3.63) is 40.2 Å². The normalized spacial score (nSPS) is 11.9. The lowest BCUT2D eigenvalue weighted by atomic mass is 9.92. The molecule has 84 valence electrons. The Balaban J connectivity index is 2.84. The molecule has 0 saturated carbocycles. The predicted molar refractivity (Wildman–Crippen MR) is 60.5 cm³/mol. The summed E-state index contributed by atoms with van der Waals surface area (Å²) in [7, 11) is 0. The molecule has 2 aromatic rings. The molecule has 0 aliphatic rings. The second-order valence-electron chi connectivity index (χ2n) is 4.72. The summed E-state index contributed by atoms with van der Waals surface area (Å²) in [5, 5.41) is 11.1. The molecule has 0 N–H and O–H groups in total. The second-order valence-corrected chi connectivity index (χ2v) is 4.72. The van der Waals surface area contributed by atoms with Crippen molar-refractivity contribution in [2.24, 2.45) is 0 Å². The van der Waals surface area contributed by atoms with Crippen molar-refractivity contribution >= 4 is 11.5 Å². The number of hydrogen-bond donors (Lipinski definition) is 0. The third-order valence-corrected chi connectivity index (χ3v) is 2.39. The van der Waals surface area contributed by atoms with E-state index in [1.807, 2.05) is 26.8 Å². The Hall–Kier alpha value is -1.91. The zero-order chi connectivity index (χ0) is 11.9. The quantitative estimate of drug-likeness (QED) is 0.547. The van der Waals surface area contributed by atoms with Crippen LogP contribution in [0.4, 0.5) is 5.82 Å². The van der Waals surface area contributed by atoms with E-state index in [1.54, 1.807) is 18.3 Å². The minimum atomic E-state index is -0.374. The highest BCUT2D eigenvalue weighted by Gasteiger charge is 2.30. The fourth-order valence-corrected chi connectivity index (χ4v) is 1.66. The molecule has 2 aromatic heterocycles. The number of hydrogen-bond acceptors (Lipinski definition) is 3. The van der Waals surface area contributed by atoms with E-state index in [0.29, 0.717) is 11.3 Å². The van der Waals surface area contributed by atoms with Gasteiger partial charge in [-0.05, 0) is 11.0 Å². The first-order valence-corrected chi connectivity index (χ1v) is 5.03. The molecule has 0 fully saturated rings. The van der Waals surface area contributed by atoms with Crippen LogP contribution in [0.1, 0.15) is 26.5 Å². The molecule has 0 aliphatic heterocycles. The molecular weight excluding hydrogens is 206 g/mol. The molecule has 0 amide bonds. The molecule has 5 heteroatoms. The van der Waals surface area contributed by atoms with Crippen molar-refractivity contribution in [3.8, 4) is 0 Å². The first kappa shape index (κ1) is 10.6. The summed E-state index contributed by atoms with van der Waals surface area (Å²) in [6, 6.07) is 5.34. The largest absolute Gasteiger partial charge is 0.358 e. The molecule has 0 saturated heterocycles. The van der Waals surface area contributed by atoms with E-state index in [-0.39, 0.29) is 16.2 Å². The Bertz CT molecular complexity index is 552. The second kappa shape index (κ2) is 3.30. The Morgan fingerprint density at radius 1 is 1.38 bits per heavy atom. The number of aromatic nitrogens is 2. The van der Waals surface area contributed by atoms with Crippen LogP contribution < -0.4 is 0 Å². The first-order valence-electron chi connectivity index (χ1n) is 5.03. The van der Waals surface area contributed by atoms with E-state index >= 15 is 0 Å². The molecule has 0 spiro atoms. The minimum absolute atomic E-state index is 0.0584. The highest BCUT2D eigenvalue weighted by Crippen LogP contribution is 2.31. The molecule has 0 unspecified atom stereocenters. The van der Waals surface area contributed by atoms with Gasteiger partial charge in [-0.25, -0.2) is 4.98 Å². The fraction of sp³-hybridized carbons (Fsp3) is 0.364. The Kier molecular flexibility index (Phi) is 2.18. The number of nitro groups is 1. The lowest BCUT2D eigenvalue weighted by Gasteiger charge is -2.14. The molecule has 0 aromatic carbocycles. The highest BCUT2D eigenvalue weighted by atomic mass is 16.6. The summed E-state index contributed by atoms with van der Waals surface area (Å²) in [5.41, 5.74) is 0.789. The van der Waals surface area contributed by atoms with Crippen LogP contribution in [-0.4, -0.2) is 14.3 Å². The average Bonchev–Trinajstić information content (AvgIpc) is 2.55. The van der Waals surface area contributed by atoms with E-state index in [2.05, 4.69) is 4.98 Å². The van der Waals surface area contributed by atoms with Gasteiger partial charge in [-0.3, -0.25) is 0 Å². The molecule has 0 atom stereocenters. The van der Waals surface area contributed by atoms with Gasteiger partial charge in [-0.1, -0.05) is 26.8 Å². The van der Waals surface area contributed by atoms with E-state index < -0.39 is 0 Å². The van der Waals surface area contributed by atoms with E-state index in [0.717, 1.165) is 0 Å². The topological polar surface area (TPSA) is 60.4 Å². The third kappa shape index (κ3) is 1.54. The molecule has 5 nitrogen and oxygen atoms in total. The Labute approximate surface area is 92.9 Å². The van der Waals surface area contributed by atoms with Crippen LogP contribution in [-0.2, 0) is 5.41 Å². The van der Waals surface area contributed by atoms with Gasteiger partial charge in [0.25, 0.3) is 0 Å². The van der Waals surface area contributed by atoms with Crippen LogP contribution >= 0.6 is 0 Å². The maximum Gasteiger partial charge on any atom is 0.351 e. The highest BCUT2D eigenvalue weighted by molar-refractivity contribution is 5.50. The van der Waals surface area contributed by atoms with Crippen LogP contribution in [0.15, 0.2) is 24.4 Å². The summed E-state index contributed by atoms with van der Waals surface area (Å²) in [4.78, 5) is 15.0. The van der Waals surface area contributed by atoms with Gasteiger partial charge in [0, 0.05) is 11.5 Å². The summed E-state index contributed by atoms with van der Waals surface area (Å²) in [6.45, 7) is 5.76. The summed E-state index contributed by atoms with van der Waals surface area (Å²) >= 11 is 0. The first-order chi connectivity index (χ1) is 7.41. The van der Waals surface area contributed by atoms with E-state index in [9.17, 15) is 10.1 Å². The number of imidazole rings is 1. The monoisotopic (exact) mass is 219 g/mol. The number of rotatable bonds is 1. The van der Waals surface area contributed by atoms with Gasteiger partial charge in [0.05, 0.1) is 6.20 Å². The van der Waals surface area contributed by atoms with Gasteiger partial charge < -0.3 is 10.1 Å².